The molecule has 0 unspecified atom stereocenters. The van der Waals surface area contributed by atoms with Crippen LogP contribution in [0, 0.1) is 0 Å². The second kappa shape index (κ2) is 8.03. The number of hydrogen-bond donors (Lipinski definition) is 0. The fraction of sp³-hybridized carbons (Fsp3) is 0.588. The number of piperidine rings is 1. The van der Waals surface area contributed by atoms with E-state index in [1.807, 2.05) is 31.0 Å². The highest BCUT2D eigenvalue weighted by molar-refractivity contribution is 5.78. The lowest BCUT2D eigenvalue weighted by Crippen LogP contribution is -2.41. The van der Waals surface area contributed by atoms with Crippen LogP contribution in [-0.2, 0) is 11.3 Å². The molecule has 4 heteroatoms. The van der Waals surface area contributed by atoms with Crippen LogP contribution in [0.3, 0.4) is 0 Å². The van der Waals surface area contributed by atoms with E-state index in [-0.39, 0.29) is 5.91 Å². The Morgan fingerprint density at radius 2 is 1.86 bits per heavy atom. The van der Waals surface area contributed by atoms with E-state index < -0.39 is 0 Å². The van der Waals surface area contributed by atoms with Crippen molar-refractivity contribution in [3.05, 3.63) is 29.8 Å². The van der Waals surface area contributed by atoms with Gasteiger partial charge in [-0.25, -0.2) is 0 Å². The molecule has 0 atom stereocenters. The predicted molar refractivity (Wildman–Crippen MR) is 84.4 cm³/mol. The zero-order chi connectivity index (χ0) is 15.1. The number of carbonyl (C=O) groups is 1. The Kier molecular flexibility index (Phi) is 6.05. The average molecular weight is 290 g/mol. The first-order valence-electron chi connectivity index (χ1n) is 7.87. The molecule has 0 N–H and O–H groups in total. The van der Waals surface area contributed by atoms with Gasteiger partial charge < -0.3 is 9.64 Å². The molecule has 0 aromatic heterocycles. The average Bonchev–Trinajstić information content (AvgIpc) is 2.50. The number of nitrogens with zero attached hydrogens (tertiary/aromatic N) is 2. The van der Waals surface area contributed by atoms with Gasteiger partial charge in [-0.3, -0.25) is 9.69 Å². The molecule has 4 nitrogen and oxygen atoms in total. The molecule has 1 aromatic rings. The predicted octanol–water partition coefficient (Wildman–Crippen LogP) is 2.53. The number of rotatable bonds is 6. The first-order chi connectivity index (χ1) is 10.2. The molecule has 2 rings (SSSR count). The molecule has 1 amide bonds. The van der Waals surface area contributed by atoms with Gasteiger partial charge in [0.2, 0.25) is 5.91 Å². The zero-order valence-corrected chi connectivity index (χ0v) is 13.2. The topological polar surface area (TPSA) is 32.8 Å². The van der Waals surface area contributed by atoms with E-state index in [1.165, 1.54) is 12.0 Å². The summed E-state index contributed by atoms with van der Waals surface area (Å²) in [6, 6.07) is 8.10. The molecular formula is C17H26N2O2. The fourth-order valence-electron chi connectivity index (χ4n) is 2.70. The van der Waals surface area contributed by atoms with Crippen LogP contribution in [0.2, 0.25) is 0 Å². The van der Waals surface area contributed by atoms with Crippen molar-refractivity contribution in [1.82, 2.24) is 9.80 Å². The molecule has 1 aliphatic rings. The molecular weight excluding hydrogens is 264 g/mol. The Morgan fingerprint density at radius 3 is 2.48 bits per heavy atom. The highest BCUT2D eigenvalue weighted by Crippen LogP contribution is 2.14. The lowest BCUT2D eigenvalue weighted by atomic mass is 10.1. The summed E-state index contributed by atoms with van der Waals surface area (Å²) in [5.41, 5.74) is 1.20. The van der Waals surface area contributed by atoms with Gasteiger partial charge in [-0.05, 0) is 50.9 Å². The second-order valence-corrected chi connectivity index (χ2v) is 5.69. The molecule has 0 radical (unpaired) electrons. The summed E-state index contributed by atoms with van der Waals surface area (Å²) in [5.74, 6) is 1.15. The maximum atomic E-state index is 12.2. The lowest BCUT2D eigenvalue weighted by molar-refractivity contribution is -0.133. The smallest absolute Gasteiger partial charge is 0.236 e. The van der Waals surface area contributed by atoms with Gasteiger partial charge in [-0.2, -0.15) is 0 Å². The summed E-state index contributed by atoms with van der Waals surface area (Å²) in [7, 11) is 2.00. The minimum absolute atomic E-state index is 0.253. The van der Waals surface area contributed by atoms with E-state index in [2.05, 4.69) is 17.0 Å². The van der Waals surface area contributed by atoms with Crippen LogP contribution < -0.4 is 4.74 Å². The van der Waals surface area contributed by atoms with Crippen molar-refractivity contribution >= 4 is 5.91 Å². The van der Waals surface area contributed by atoms with Gasteiger partial charge in [0.1, 0.15) is 5.75 Å². The van der Waals surface area contributed by atoms with Crippen molar-refractivity contribution in [2.75, 3.05) is 33.3 Å². The SMILES string of the molecule is CCOc1ccc(CN(C)CC(=O)N2CCCCC2)cc1. The van der Waals surface area contributed by atoms with Gasteiger partial charge in [0.15, 0.2) is 0 Å². The zero-order valence-electron chi connectivity index (χ0n) is 13.2. The Labute approximate surface area is 127 Å². The van der Waals surface area contributed by atoms with E-state index >= 15 is 0 Å². The Morgan fingerprint density at radius 1 is 1.19 bits per heavy atom. The minimum Gasteiger partial charge on any atom is -0.494 e. The number of amides is 1. The molecule has 1 fully saturated rings. The Balaban J connectivity index is 1.80. The lowest BCUT2D eigenvalue weighted by Gasteiger charge is -2.28. The van der Waals surface area contributed by atoms with Crippen molar-refractivity contribution in [2.24, 2.45) is 0 Å². The summed E-state index contributed by atoms with van der Waals surface area (Å²) < 4.78 is 5.44. The Bertz CT molecular complexity index is 439. The number of ether oxygens (including phenoxy) is 1. The largest absolute Gasteiger partial charge is 0.494 e. The van der Waals surface area contributed by atoms with Crippen LogP contribution in [0.25, 0.3) is 0 Å². The summed E-state index contributed by atoms with van der Waals surface area (Å²) in [4.78, 5) is 16.3. The van der Waals surface area contributed by atoms with Crippen LogP contribution in [-0.4, -0.2) is 49.0 Å². The Hall–Kier alpha value is -1.55. The van der Waals surface area contributed by atoms with Crippen LogP contribution >= 0.6 is 0 Å². The maximum Gasteiger partial charge on any atom is 0.236 e. The molecule has 116 valence electrons. The van der Waals surface area contributed by atoms with Crippen LogP contribution in [0.5, 0.6) is 5.75 Å². The van der Waals surface area contributed by atoms with Gasteiger partial charge in [-0.1, -0.05) is 12.1 Å². The van der Waals surface area contributed by atoms with E-state index in [1.54, 1.807) is 0 Å². The van der Waals surface area contributed by atoms with Crippen LogP contribution in [0.4, 0.5) is 0 Å². The minimum atomic E-state index is 0.253. The summed E-state index contributed by atoms with van der Waals surface area (Å²) >= 11 is 0. The number of likely N-dealkylation sites (N-methyl/N-ethyl adjacent to an activating group) is 1. The maximum absolute atomic E-state index is 12.2. The van der Waals surface area contributed by atoms with E-state index in [0.717, 1.165) is 38.2 Å². The van der Waals surface area contributed by atoms with Gasteiger partial charge in [0, 0.05) is 19.6 Å². The van der Waals surface area contributed by atoms with Crippen molar-refractivity contribution < 1.29 is 9.53 Å². The second-order valence-electron chi connectivity index (χ2n) is 5.69. The number of carbonyl (C=O) groups excluding carboxylic acids is 1. The monoisotopic (exact) mass is 290 g/mol. The summed E-state index contributed by atoms with van der Waals surface area (Å²) in [6.07, 6.45) is 3.55. The fourth-order valence-corrected chi connectivity index (χ4v) is 2.70. The summed E-state index contributed by atoms with van der Waals surface area (Å²) in [5, 5.41) is 0. The summed E-state index contributed by atoms with van der Waals surface area (Å²) in [6.45, 7) is 5.79. The first kappa shape index (κ1) is 15.8. The molecule has 1 aromatic carbocycles. The van der Waals surface area contributed by atoms with Gasteiger partial charge in [0.05, 0.1) is 13.2 Å². The number of benzene rings is 1. The van der Waals surface area contributed by atoms with Gasteiger partial charge in [-0.15, -0.1) is 0 Å². The molecule has 0 spiro atoms. The van der Waals surface area contributed by atoms with Crippen LogP contribution in [0.1, 0.15) is 31.7 Å². The van der Waals surface area contributed by atoms with E-state index in [4.69, 9.17) is 4.74 Å². The molecule has 0 bridgehead atoms. The highest BCUT2D eigenvalue weighted by atomic mass is 16.5. The highest BCUT2D eigenvalue weighted by Gasteiger charge is 2.17. The third-order valence-electron chi connectivity index (χ3n) is 3.80. The molecule has 1 aliphatic heterocycles. The quantitative estimate of drug-likeness (QED) is 0.807. The van der Waals surface area contributed by atoms with E-state index in [0.29, 0.717) is 13.2 Å². The first-order valence-corrected chi connectivity index (χ1v) is 7.87. The van der Waals surface area contributed by atoms with Crippen LogP contribution in [0.15, 0.2) is 24.3 Å². The van der Waals surface area contributed by atoms with E-state index in [9.17, 15) is 4.79 Å². The third-order valence-corrected chi connectivity index (χ3v) is 3.80. The normalized spacial score (nSPS) is 15.3. The third kappa shape index (κ3) is 5.05. The van der Waals surface area contributed by atoms with Crippen molar-refractivity contribution in [2.45, 2.75) is 32.7 Å². The molecule has 1 heterocycles. The van der Waals surface area contributed by atoms with Crippen molar-refractivity contribution in [3.8, 4) is 5.75 Å². The molecule has 0 saturated carbocycles. The number of hydrogen-bond acceptors (Lipinski definition) is 3. The molecule has 21 heavy (non-hydrogen) atoms. The van der Waals surface area contributed by atoms with Gasteiger partial charge in [0.25, 0.3) is 0 Å². The molecule has 1 saturated heterocycles. The molecule has 0 aliphatic carbocycles. The standard InChI is InChI=1S/C17H26N2O2/c1-3-21-16-9-7-15(8-10-16)13-18(2)14-17(20)19-11-5-4-6-12-19/h7-10H,3-6,11-14H2,1-2H3. The van der Waals surface area contributed by atoms with Crippen molar-refractivity contribution in [3.63, 3.8) is 0 Å². The van der Waals surface area contributed by atoms with Gasteiger partial charge >= 0.3 is 0 Å². The number of likely N-dealkylation sites (tertiary alicyclic amines) is 1. The van der Waals surface area contributed by atoms with Crippen molar-refractivity contribution in [1.29, 1.82) is 0 Å².